The summed E-state index contributed by atoms with van der Waals surface area (Å²) in [6.45, 7) is 2.65. The SMILES string of the molecule is CCCCCOC(=O)c1ccccc1.c1ccc(Pc2ccccc2)cc1. The maximum absolute atomic E-state index is 11.4. The van der Waals surface area contributed by atoms with Crippen LogP contribution in [-0.4, -0.2) is 12.6 Å². The van der Waals surface area contributed by atoms with E-state index < -0.39 is 0 Å². The zero-order chi connectivity index (χ0) is 19.2. The van der Waals surface area contributed by atoms with Gasteiger partial charge in [0.1, 0.15) is 0 Å². The molecular weight excluding hydrogens is 351 g/mol. The normalized spacial score (nSPS) is 9.81. The molecule has 0 heterocycles. The zero-order valence-electron chi connectivity index (χ0n) is 15.8. The van der Waals surface area contributed by atoms with Crippen LogP contribution in [-0.2, 0) is 4.74 Å². The van der Waals surface area contributed by atoms with Crippen molar-refractivity contribution in [2.75, 3.05) is 6.61 Å². The van der Waals surface area contributed by atoms with E-state index in [0.29, 0.717) is 12.2 Å². The lowest BCUT2D eigenvalue weighted by atomic mass is 10.2. The second-order valence-corrected chi connectivity index (χ2v) is 7.47. The third-order valence-electron chi connectivity index (χ3n) is 3.83. The van der Waals surface area contributed by atoms with Gasteiger partial charge in [0.05, 0.1) is 12.2 Å². The van der Waals surface area contributed by atoms with Gasteiger partial charge in [-0.25, -0.2) is 4.79 Å². The fourth-order valence-corrected chi connectivity index (χ4v) is 3.44. The van der Waals surface area contributed by atoms with Crippen LogP contribution in [0.1, 0.15) is 36.5 Å². The van der Waals surface area contributed by atoms with Gasteiger partial charge in [-0.05, 0) is 29.2 Å². The van der Waals surface area contributed by atoms with Crippen LogP contribution in [0.3, 0.4) is 0 Å². The van der Waals surface area contributed by atoms with Gasteiger partial charge in [-0.15, -0.1) is 0 Å². The van der Waals surface area contributed by atoms with Crippen molar-refractivity contribution < 1.29 is 9.53 Å². The largest absolute Gasteiger partial charge is 0.462 e. The first-order valence-electron chi connectivity index (χ1n) is 9.39. The van der Waals surface area contributed by atoms with E-state index in [-0.39, 0.29) is 5.97 Å². The van der Waals surface area contributed by atoms with Crippen molar-refractivity contribution in [1.82, 2.24) is 0 Å². The molecule has 0 saturated carbocycles. The molecular formula is C24H27O2P. The van der Waals surface area contributed by atoms with E-state index in [0.717, 1.165) is 27.8 Å². The number of hydrogen-bond donors (Lipinski definition) is 0. The second kappa shape index (κ2) is 12.8. The Balaban J connectivity index is 0.000000194. The highest BCUT2D eigenvalue weighted by atomic mass is 31.1. The van der Waals surface area contributed by atoms with Gasteiger partial charge in [-0.2, -0.15) is 0 Å². The first-order valence-corrected chi connectivity index (χ1v) is 10.4. The molecule has 0 aliphatic heterocycles. The average Bonchev–Trinajstić information content (AvgIpc) is 2.74. The van der Waals surface area contributed by atoms with E-state index in [9.17, 15) is 4.79 Å². The van der Waals surface area contributed by atoms with Gasteiger partial charge in [0, 0.05) is 0 Å². The highest BCUT2D eigenvalue weighted by Crippen LogP contribution is 2.08. The third-order valence-corrected chi connectivity index (χ3v) is 5.07. The summed E-state index contributed by atoms with van der Waals surface area (Å²) in [7, 11) is 0.777. The average molecular weight is 378 g/mol. The molecule has 3 aromatic rings. The fourth-order valence-electron chi connectivity index (χ4n) is 2.38. The van der Waals surface area contributed by atoms with E-state index in [4.69, 9.17) is 4.74 Å². The summed E-state index contributed by atoms with van der Waals surface area (Å²) in [5.41, 5.74) is 0.629. The Kier molecular flexibility index (Phi) is 9.92. The highest BCUT2D eigenvalue weighted by Gasteiger charge is 2.04. The quantitative estimate of drug-likeness (QED) is 0.315. The number of carbonyl (C=O) groups excluding carboxylic acids is 1. The van der Waals surface area contributed by atoms with Gasteiger partial charge in [0.2, 0.25) is 0 Å². The van der Waals surface area contributed by atoms with E-state index >= 15 is 0 Å². The summed E-state index contributed by atoms with van der Waals surface area (Å²) >= 11 is 0. The molecule has 0 unspecified atom stereocenters. The molecule has 0 aromatic heterocycles. The summed E-state index contributed by atoms with van der Waals surface area (Å²) in [5.74, 6) is -0.221. The molecule has 3 heteroatoms. The first-order chi connectivity index (χ1) is 13.3. The van der Waals surface area contributed by atoms with Gasteiger partial charge in [0.15, 0.2) is 0 Å². The second-order valence-electron chi connectivity index (χ2n) is 6.07. The van der Waals surface area contributed by atoms with Crippen LogP contribution in [0.2, 0.25) is 0 Å². The zero-order valence-corrected chi connectivity index (χ0v) is 16.8. The van der Waals surface area contributed by atoms with Crippen LogP contribution >= 0.6 is 8.58 Å². The summed E-state index contributed by atoms with van der Waals surface area (Å²) in [6.07, 6.45) is 3.21. The third kappa shape index (κ3) is 8.66. The summed E-state index contributed by atoms with van der Waals surface area (Å²) in [4.78, 5) is 11.4. The van der Waals surface area contributed by atoms with E-state index in [2.05, 4.69) is 67.6 Å². The monoisotopic (exact) mass is 378 g/mol. The molecule has 27 heavy (non-hydrogen) atoms. The lowest BCUT2D eigenvalue weighted by Crippen LogP contribution is -2.05. The summed E-state index contributed by atoms with van der Waals surface area (Å²) in [5, 5.41) is 2.79. The highest BCUT2D eigenvalue weighted by molar-refractivity contribution is 7.55. The summed E-state index contributed by atoms with van der Waals surface area (Å²) < 4.78 is 5.09. The van der Waals surface area contributed by atoms with Gasteiger partial charge < -0.3 is 4.74 Å². The van der Waals surface area contributed by atoms with Crippen molar-refractivity contribution in [2.45, 2.75) is 26.2 Å². The molecule has 0 N–H and O–H groups in total. The van der Waals surface area contributed by atoms with Crippen molar-refractivity contribution in [3.05, 3.63) is 96.6 Å². The van der Waals surface area contributed by atoms with Crippen LogP contribution in [0.15, 0.2) is 91.0 Å². The number of esters is 1. The first kappa shape index (κ1) is 20.9. The molecule has 0 bridgehead atoms. The van der Waals surface area contributed by atoms with Gasteiger partial charge in [0.25, 0.3) is 0 Å². The molecule has 2 nitrogen and oxygen atoms in total. The minimum atomic E-state index is -0.221. The maximum atomic E-state index is 11.4. The van der Waals surface area contributed by atoms with Crippen LogP contribution in [0.4, 0.5) is 0 Å². The Bertz CT molecular complexity index is 721. The van der Waals surface area contributed by atoms with Crippen LogP contribution < -0.4 is 10.6 Å². The fraction of sp³-hybridized carbons (Fsp3) is 0.208. The molecule has 3 aromatic carbocycles. The number of ether oxygens (including phenoxy) is 1. The Hall–Kier alpha value is -2.44. The van der Waals surface area contributed by atoms with Crippen molar-refractivity contribution >= 4 is 25.2 Å². The van der Waals surface area contributed by atoms with E-state index in [1.807, 2.05) is 18.2 Å². The molecule has 140 valence electrons. The van der Waals surface area contributed by atoms with Crippen LogP contribution in [0.25, 0.3) is 0 Å². The minimum absolute atomic E-state index is 0.221. The standard InChI is InChI=1S/C12H16O2.C12H11P/c1-2-3-7-10-14-12(13)11-8-5-4-6-9-11;1-3-7-11(8-4-1)13-12-9-5-2-6-10-12/h4-6,8-9H,2-3,7,10H2,1H3;1-10,13H. The predicted octanol–water partition coefficient (Wildman–Crippen LogP) is 5.35. The Morgan fingerprint density at radius 2 is 1.22 bits per heavy atom. The molecule has 3 rings (SSSR count). The molecule has 0 radical (unpaired) electrons. The lowest BCUT2D eigenvalue weighted by Gasteiger charge is -2.03. The molecule has 0 fully saturated rings. The molecule has 0 amide bonds. The van der Waals surface area contributed by atoms with E-state index in [1.165, 1.54) is 10.6 Å². The maximum Gasteiger partial charge on any atom is 0.338 e. The van der Waals surface area contributed by atoms with E-state index in [1.54, 1.807) is 12.1 Å². The number of hydrogen-bond acceptors (Lipinski definition) is 2. The molecule has 0 aliphatic rings. The number of unbranched alkanes of at least 4 members (excludes halogenated alkanes) is 2. The minimum Gasteiger partial charge on any atom is -0.462 e. The van der Waals surface area contributed by atoms with Crippen molar-refractivity contribution in [1.29, 1.82) is 0 Å². The van der Waals surface area contributed by atoms with Crippen molar-refractivity contribution in [3.63, 3.8) is 0 Å². The van der Waals surface area contributed by atoms with Crippen LogP contribution in [0.5, 0.6) is 0 Å². The molecule has 0 saturated heterocycles. The molecule has 0 atom stereocenters. The predicted molar refractivity (Wildman–Crippen MR) is 117 cm³/mol. The number of rotatable bonds is 7. The smallest absolute Gasteiger partial charge is 0.338 e. The topological polar surface area (TPSA) is 26.3 Å². The summed E-state index contributed by atoms with van der Waals surface area (Å²) in [6, 6.07) is 30.2. The lowest BCUT2D eigenvalue weighted by molar-refractivity contribution is 0.0498. The van der Waals surface area contributed by atoms with Crippen molar-refractivity contribution in [2.24, 2.45) is 0 Å². The number of carbonyl (C=O) groups is 1. The van der Waals surface area contributed by atoms with Crippen molar-refractivity contribution in [3.8, 4) is 0 Å². The Morgan fingerprint density at radius 1 is 0.741 bits per heavy atom. The molecule has 0 spiro atoms. The number of benzene rings is 3. The van der Waals surface area contributed by atoms with Gasteiger partial charge >= 0.3 is 5.97 Å². The van der Waals surface area contributed by atoms with Gasteiger partial charge in [-0.1, -0.05) is 107 Å². The van der Waals surface area contributed by atoms with Gasteiger partial charge in [-0.3, -0.25) is 0 Å². The Labute approximate surface area is 164 Å². The van der Waals surface area contributed by atoms with Crippen LogP contribution in [0, 0.1) is 0 Å². The Morgan fingerprint density at radius 3 is 1.70 bits per heavy atom. The molecule has 0 aliphatic carbocycles.